The Morgan fingerprint density at radius 3 is 2.48 bits per heavy atom. The Bertz CT molecular complexity index is 880. The molecule has 0 heterocycles. The van der Waals surface area contributed by atoms with E-state index in [4.69, 9.17) is 0 Å². The maximum atomic E-state index is 14.1. The number of anilines is 1. The van der Waals surface area contributed by atoms with E-state index in [2.05, 4.69) is 4.72 Å². The van der Waals surface area contributed by atoms with E-state index in [1.54, 1.807) is 12.1 Å². The molecule has 5 nitrogen and oxygen atoms in total. The smallest absolute Gasteiger partial charge is 0.258 e. The summed E-state index contributed by atoms with van der Waals surface area (Å²) < 4.78 is 41.1. The van der Waals surface area contributed by atoms with Gasteiger partial charge in [0.25, 0.3) is 5.91 Å². The van der Waals surface area contributed by atoms with Crippen molar-refractivity contribution in [2.24, 2.45) is 0 Å². The fourth-order valence-electron chi connectivity index (χ4n) is 2.53. The lowest BCUT2D eigenvalue weighted by molar-refractivity contribution is 0.0988. The van der Waals surface area contributed by atoms with Crippen LogP contribution >= 0.6 is 0 Å². The van der Waals surface area contributed by atoms with Crippen molar-refractivity contribution in [2.45, 2.75) is 30.7 Å². The lowest BCUT2D eigenvalue weighted by atomic mass is 10.1. The van der Waals surface area contributed by atoms with Gasteiger partial charge in [0.1, 0.15) is 10.7 Å². The number of carbonyl (C=O) groups is 1. The molecular formula is C18H19FN2O3S. The predicted molar refractivity (Wildman–Crippen MR) is 93.5 cm³/mol. The first-order valence-electron chi connectivity index (χ1n) is 8.11. The summed E-state index contributed by atoms with van der Waals surface area (Å²) in [7, 11) is -3.98. The molecule has 0 aliphatic heterocycles. The van der Waals surface area contributed by atoms with E-state index in [0.717, 1.165) is 25.0 Å². The van der Waals surface area contributed by atoms with Gasteiger partial charge in [0.15, 0.2) is 0 Å². The highest BCUT2D eigenvalue weighted by molar-refractivity contribution is 7.89. The van der Waals surface area contributed by atoms with Gasteiger partial charge in [0.05, 0.1) is 0 Å². The molecule has 7 heteroatoms. The summed E-state index contributed by atoms with van der Waals surface area (Å²) in [4.78, 5) is 13.8. The minimum atomic E-state index is -3.98. The van der Waals surface area contributed by atoms with Crippen LogP contribution in [0.15, 0.2) is 53.4 Å². The quantitative estimate of drug-likeness (QED) is 0.859. The fraction of sp³-hybridized carbons (Fsp3) is 0.278. The molecule has 1 aliphatic rings. The summed E-state index contributed by atoms with van der Waals surface area (Å²) in [5.41, 5.74) is 0.822. The monoisotopic (exact) mass is 362 g/mol. The van der Waals surface area contributed by atoms with Crippen LogP contribution in [0.1, 0.15) is 30.1 Å². The first kappa shape index (κ1) is 17.6. The van der Waals surface area contributed by atoms with Gasteiger partial charge in [0.2, 0.25) is 10.0 Å². The lowest BCUT2D eigenvalue weighted by Crippen LogP contribution is -2.31. The van der Waals surface area contributed by atoms with Crippen molar-refractivity contribution >= 4 is 21.6 Å². The molecule has 1 saturated carbocycles. The van der Waals surface area contributed by atoms with Crippen LogP contribution in [0.4, 0.5) is 10.1 Å². The number of nitrogens with zero attached hydrogens (tertiary/aromatic N) is 1. The van der Waals surface area contributed by atoms with Gasteiger partial charge in [-0.3, -0.25) is 4.79 Å². The van der Waals surface area contributed by atoms with Crippen LogP contribution in [0, 0.1) is 5.82 Å². The maximum absolute atomic E-state index is 14.1. The number of benzene rings is 2. The predicted octanol–water partition coefficient (Wildman–Crippen LogP) is 2.93. The van der Waals surface area contributed by atoms with Crippen molar-refractivity contribution in [3.63, 3.8) is 0 Å². The van der Waals surface area contributed by atoms with E-state index in [9.17, 15) is 17.6 Å². The number of nitrogens with one attached hydrogen (secondary N) is 1. The molecule has 0 aromatic heterocycles. The lowest BCUT2D eigenvalue weighted by Gasteiger charge is -2.21. The Hall–Kier alpha value is -2.25. The molecule has 2 aromatic carbocycles. The molecule has 1 amide bonds. The van der Waals surface area contributed by atoms with E-state index in [0.29, 0.717) is 12.2 Å². The average Bonchev–Trinajstić information content (AvgIpc) is 3.40. The van der Waals surface area contributed by atoms with E-state index < -0.39 is 20.7 Å². The number of hydrogen-bond donors (Lipinski definition) is 1. The molecule has 0 saturated heterocycles. The van der Waals surface area contributed by atoms with Gasteiger partial charge < -0.3 is 4.90 Å². The Morgan fingerprint density at radius 2 is 1.88 bits per heavy atom. The number of amides is 1. The zero-order valence-corrected chi connectivity index (χ0v) is 14.6. The molecule has 0 bridgehead atoms. The molecule has 3 rings (SSSR count). The summed E-state index contributed by atoms with van der Waals surface area (Å²) >= 11 is 0. The molecular weight excluding hydrogens is 343 g/mol. The Morgan fingerprint density at radius 1 is 1.20 bits per heavy atom. The fourth-order valence-corrected chi connectivity index (χ4v) is 3.94. The molecule has 1 N–H and O–H groups in total. The summed E-state index contributed by atoms with van der Waals surface area (Å²) in [6.07, 6.45) is 1.49. The average molecular weight is 362 g/mol. The molecule has 0 atom stereocenters. The third-order valence-corrected chi connectivity index (χ3v) is 5.53. The van der Waals surface area contributed by atoms with Crippen LogP contribution in [0.25, 0.3) is 0 Å². The second-order valence-electron chi connectivity index (χ2n) is 5.93. The van der Waals surface area contributed by atoms with Crippen LogP contribution in [0.3, 0.4) is 0 Å². The molecule has 25 heavy (non-hydrogen) atoms. The third-order valence-electron chi connectivity index (χ3n) is 4.00. The van der Waals surface area contributed by atoms with Gasteiger partial charge in [-0.25, -0.2) is 17.5 Å². The zero-order chi connectivity index (χ0) is 18.0. The van der Waals surface area contributed by atoms with Gasteiger partial charge in [-0.2, -0.15) is 0 Å². The number of carbonyl (C=O) groups excluding carboxylic acids is 1. The van der Waals surface area contributed by atoms with Crippen LogP contribution < -0.4 is 9.62 Å². The number of hydrogen-bond acceptors (Lipinski definition) is 3. The second kappa shape index (κ2) is 6.93. The largest absolute Gasteiger partial charge is 0.309 e. The van der Waals surface area contributed by atoms with Crippen molar-refractivity contribution in [3.8, 4) is 0 Å². The third kappa shape index (κ3) is 3.88. The Kier molecular flexibility index (Phi) is 4.87. The van der Waals surface area contributed by atoms with E-state index in [-0.39, 0.29) is 17.5 Å². The number of rotatable bonds is 6. The van der Waals surface area contributed by atoms with Crippen LogP contribution in [-0.2, 0) is 10.0 Å². The van der Waals surface area contributed by atoms with Crippen LogP contribution in [-0.4, -0.2) is 26.9 Å². The normalized spacial score (nSPS) is 14.3. The number of para-hydroxylation sites is 1. The van der Waals surface area contributed by atoms with Gasteiger partial charge in [-0.1, -0.05) is 18.2 Å². The molecule has 1 aliphatic carbocycles. The van der Waals surface area contributed by atoms with Gasteiger partial charge in [-0.15, -0.1) is 0 Å². The van der Waals surface area contributed by atoms with Crippen molar-refractivity contribution in [1.29, 1.82) is 0 Å². The minimum Gasteiger partial charge on any atom is -0.309 e. The van der Waals surface area contributed by atoms with E-state index >= 15 is 0 Å². The summed E-state index contributed by atoms with van der Waals surface area (Å²) in [5, 5.41) is 0. The molecule has 2 aromatic rings. The maximum Gasteiger partial charge on any atom is 0.258 e. The van der Waals surface area contributed by atoms with Crippen molar-refractivity contribution in [1.82, 2.24) is 4.72 Å². The van der Waals surface area contributed by atoms with E-state index in [1.165, 1.54) is 11.0 Å². The first-order chi connectivity index (χ1) is 11.9. The molecule has 0 unspecified atom stereocenters. The van der Waals surface area contributed by atoms with Crippen LogP contribution in [0.2, 0.25) is 0 Å². The molecule has 0 spiro atoms. The van der Waals surface area contributed by atoms with Crippen molar-refractivity contribution < 1.29 is 17.6 Å². The second-order valence-corrected chi connectivity index (χ2v) is 7.61. The standard InChI is InChI=1S/C18H19FN2O3S/c1-2-21(15-6-4-3-5-7-15)18(22)13-8-11-16(19)17(12-13)25(23,24)20-14-9-10-14/h3-8,11-12,14,20H,2,9-10H2,1H3. The highest BCUT2D eigenvalue weighted by Gasteiger charge is 2.30. The van der Waals surface area contributed by atoms with Crippen LogP contribution in [0.5, 0.6) is 0 Å². The SMILES string of the molecule is CCN(C(=O)c1ccc(F)c(S(=O)(=O)NC2CC2)c1)c1ccccc1. The molecule has 0 radical (unpaired) electrons. The Labute approximate surface area is 146 Å². The number of halogens is 1. The highest BCUT2D eigenvalue weighted by Crippen LogP contribution is 2.25. The topological polar surface area (TPSA) is 66.5 Å². The Balaban J connectivity index is 1.94. The van der Waals surface area contributed by atoms with Crippen molar-refractivity contribution in [2.75, 3.05) is 11.4 Å². The summed E-state index contributed by atoms with van der Waals surface area (Å²) in [5.74, 6) is -1.25. The zero-order valence-electron chi connectivity index (χ0n) is 13.8. The number of sulfonamides is 1. The molecule has 132 valence electrons. The van der Waals surface area contributed by atoms with Gasteiger partial charge >= 0.3 is 0 Å². The van der Waals surface area contributed by atoms with Gasteiger partial charge in [-0.05, 0) is 50.1 Å². The minimum absolute atomic E-state index is 0.128. The van der Waals surface area contributed by atoms with Gasteiger partial charge in [0, 0.05) is 23.8 Å². The summed E-state index contributed by atoms with van der Waals surface area (Å²) in [6.45, 7) is 2.23. The van der Waals surface area contributed by atoms with Crippen molar-refractivity contribution in [3.05, 3.63) is 59.9 Å². The first-order valence-corrected chi connectivity index (χ1v) is 9.59. The summed E-state index contributed by atoms with van der Waals surface area (Å²) in [6, 6.07) is 12.3. The molecule has 1 fully saturated rings. The highest BCUT2D eigenvalue weighted by atomic mass is 32.2. The van der Waals surface area contributed by atoms with E-state index in [1.807, 2.05) is 25.1 Å².